The Balaban J connectivity index is 1.14. The first kappa shape index (κ1) is 22.2. The molecule has 176 valence electrons. The molecule has 2 aliphatic rings. The van der Waals surface area contributed by atoms with E-state index in [2.05, 4.69) is 10.00 Å². The van der Waals surface area contributed by atoms with Crippen LogP contribution in [0.1, 0.15) is 32.7 Å². The maximum absolute atomic E-state index is 13.2. The monoisotopic (exact) mass is 458 g/mol. The number of carbonyl (C=O) groups excluding carboxylic acids is 2. The fraction of sp³-hybridized carbons (Fsp3) is 0.346. The second-order valence-corrected chi connectivity index (χ2v) is 9.31. The normalized spacial score (nSPS) is 19.9. The van der Waals surface area contributed by atoms with Gasteiger partial charge in [0, 0.05) is 31.7 Å². The van der Waals surface area contributed by atoms with Crippen molar-refractivity contribution in [2.75, 3.05) is 38.5 Å². The molecule has 8 nitrogen and oxygen atoms in total. The molecule has 0 saturated carbocycles. The van der Waals surface area contributed by atoms with Gasteiger partial charge in [-0.05, 0) is 55.0 Å². The zero-order valence-corrected chi connectivity index (χ0v) is 19.1. The largest absolute Gasteiger partial charge is 0.383 e. The van der Waals surface area contributed by atoms with Gasteiger partial charge in [-0.25, -0.2) is 4.68 Å². The minimum Gasteiger partial charge on any atom is -0.383 e. The zero-order chi connectivity index (χ0) is 23.7. The van der Waals surface area contributed by atoms with E-state index < -0.39 is 0 Å². The number of amides is 2. The van der Waals surface area contributed by atoms with E-state index in [0.29, 0.717) is 28.8 Å². The van der Waals surface area contributed by atoms with Gasteiger partial charge in [-0.3, -0.25) is 9.59 Å². The Morgan fingerprint density at radius 1 is 0.912 bits per heavy atom. The Kier molecular flexibility index (Phi) is 6.06. The first-order valence-corrected chi connectivity index (χ1v) is 11.8. The van der Waals surface area contributed by atoms with Crippen LogP contribution in [0.2, 0.25) is 0 Å². The third-order valence-electron chi connectivity index (χ3n) is 7.09. The Hall–Kier alpha value is -3.65. The predicted molar refractivity (Wildman–Crippen MR) is 131 cm³/mol. The minimum atomic E-state index is -0.369. The number of anilines is 1. The summed E-state index contributed by atoms with van der Waals surface area (Å²) in [5.74, 6) is 0.931. The summed E-state index contributed by atoms with van der Waals surface area (Å²) in [5, 5.41) is 4.35. The molecule has 2 aliphatic heterocycles. The smallest absolute Gasteiger partial charge is 0.259 e. The van der Waals surface area contributed by atoms with Crippen LogP contribution in [-0.2, 0) is 6.42 Å². The van der Waals surface area contributed by atoms with Crippen molar-refractivity contribution in [3.8, 4) is 5.69 Å². The van der Waals surface area contributed by atoms with Gasteiger partial charge in [0.15, 0.2) is 0 Å². The van der Waals surface area contributed by atoms with Crippen LogP contribution in [-0.4, -0.2) is 64.1 Å². The fourth-order valence-electron chi connectivity index (χ4n) is 5.38. The summed E-state index contributed by atoms with van der Waals surface area (Å²) in [5.41, 5.74) is 14.7. The second kappa shape index (κ2) is 9.30. The quantitative estimate of drug-likeness (QED) is 0.564. The number of hydrogen-bond acceptors (Lipinski definition) is 5. The molecule has 0 radical (unpaired) electrons. The van der Waals surface area contributed by atoms with Crippen LogP contribution in [0.3, 0.4) is 0 Å². The van der Waals surface area contributed by atoms with Gasteiger partial charge in [0.05, 0.1) is 11.9 Å². The van der Waals surface area contributed by atoms with Crippen LogP contribution in [0.4, 0.5) is 5.82 Å². The van der Waals surface area contributed by atoms with E-state index in [4.69, 9.17) is 11.5 Å². The number of fused-ring (bicyclic) bond motifs is 1. The molecule has 2 fully saturated rings. The molecule has 2 saturated heterocycles. The molecule has 0 aliphatic carbocycles. The lowest BCUT2D eigenvalue weighted by Gasteiger charge is -2.21. The minimum absolute atomic E-state index is 0.0383. The van der Waals surface area contributed by atoms with Crippen molar-refractivity contribution in [1.82, 2.24) is 19.6 Å². The van der Waals surface area contributed by atoms with Gasteiger partial charge in [-0.15, -0.1) is 0 Å². The molecule has 0 bridgehead atoms. The van der Waals surface area contributed by atoms with Gasteiger partial charge in [0.1, 0.15) is 11.4 Å². The first-order chi connectivity index (χ1) is 16.5. The number of primary amides is 1. The van der Waals surface area contributed by atoms with Crippen molar-refractivity contribution in [2.45, 2.75) is 12.8 Å². The van der Waals surface area contributed by atoms with Crippen LogP contribution in [0.25, 0.3) is 5.69 Å². The molecule has 2 atom stereocenters. The van der Waals surface area contributed by atoms with Crippen molar-refractivity contribution in [2.24, 2.45) is 17.6 Å². The summed E-state index contributed by atoms with van der Waals surface area (Å²) in [6.07, 6.45) is 3.39. The van der Waals surface area contributed by atoms with Gasteiger partial charge in [-0.2, -0.15) is 5.10 Å². The number of aryl methyl sites for hydroxylation is 1. The molecule has 8 heteroatoms. The summed E-state index contributed by atoms with van der Waals surface area (Å²) < 4.78 is 1.61. The van der Waals surface area contributed by atoms with E-state index >= 15 is 0 Å². The third-order valence-corrected chi connectivity index (χ3v) is 7.09. The topological polar surface area (TPSA) is 110 Å². The molecular weight excluding hydrogens is 428 g/mol. The number of aromatic nitrogens is 2. The van der Waals surface area contributed by atoms with Gasteiger partial charge in [0.25, 0.3) is 5.91 Å². The van der Waals surface area contributed by atoms with Gasteiger partial charge in [-0.1, -0.05) is 36.4 Å². The number of carbonyl (C=O) groups is 2. The average molecular weight is 459 g/mol. The molecule has 34 heavy (non-hydrogen) atoms. The van der Waals surface area contributed by atoms with Crippen LogP contribution in [0.15, 0.2) is 60.8 Å². The lowest BCUT2D eigenvalue weighted by molar-refractivity contribution is 0.0774. The van der Waals surface area contributed by atoms with E-state index in [1.807, 2.05) is 53.4 Å². The highest BCUT2D eigenvalue weighted by Crippen LogP contribution is 2.33. The molecule has 4 N–H and O–H groups in total. The van der Waals surface area contributed by atoms with Crippen LogP contribution < -0.4 is 11.5 Å². The van der Waals surface area contributed by atoms with E-state index in [1.165, 1.54) is 0 Å². The first-order valence-electron chi connectivity index (χ1n) is 11.8. The maximum Gasteiger partial charge on any atom is 0.259 e. The number of hydrogen-bond donors (Lipinski definition) is 2. The summed E-state index contributed by atoms with van der Waals surface area (Å²) in [6, 6.07) is 17.2. The van der Waals surface area contributed by atoms with Crippen molar-refractivity contribution >= 4 is 17.6 Å². The zero-order valence-electron chi connectivity index (χ0n) is 19.1. The maximum atomic E-state index is 13.2. The predicted octanol–water partition coefficient (Wildman–Crippen LogP) is 2.19. The van der Waals surface area contributed by atoms with Crippen LogP contribution in [0.5, 0.6) is 0 Å². The molecule has 2 amide bonds. The lowest BCUT2D eigenvalue weighted by atomic mass is 10.0. The van der Waals surface area contributed by atoms with E-state index in [9.17, 15) is 9.59 Å². The fourth-order valence-corrected chi connectivity index (χ4v) is 5.38. The number of para-hydroxylation sites is 1. The molecule has 3 heterocycles. The molecule has 1 unspecified atom stereocenters. The lowest BCUT2D eigenvalue weighted by Crippen LogP contribution is -2.34. The van der Waals surface area contributed by atoms with E-state index in [1.54, 1.807) is 16.9 Å². The molecule has 1 aromatic heterocycles. The summed E-state index contributed by atoms with van der Waals surface area (Å²) in [6.45, 7) is 4.46. The Morgan fingerprint density at radius 3 is 2.29 bits per heavy atom. The SMILES string of the molecule is NC(=O)c1ccccc1CCCN1CC2CN(C(=O)c3cnn(-c4ccccc4)c3N)C[C@@H]2C1. The van der Waals surface area contributed by atoms with Gasteiger partial charge in [0.2, 0.25) is 5.91 Å². The number of nitrogens with two attached hydrogens (primary N) is 2. The standard InChI is InChI=1S/C26H30N6O2/c27-24-23(13-29-32(24)21-9-2-1-3-10-21)26(34)31-16-19-14-30(15-20(19)17-31)12-6-8-18-7-4-5-11-22(18)25(28)33/h1-5,7,9-11,13,19-20H,6,8,12,14-17,27H2,(H2,28,33)/t19-,20?/m0/s1. The molecule has 5 rings (SSSR count). The van der Waals surface area contributed by atoms with Crippen molar-refractivity contribution in [3.63, 3.8) is 0 Å². The Morgan fingerprint density at radius 2 is 1.59 bits per heavy atom. The highest BCUT2D eigenvalue weighted by Gasteiger charge is 2.42. The Bertz CT molecular complexity index is 1180. The highest BCUT2D eigenvalue weighted by molar-refractivity contribution is 5.98. The third kappa shape index (κ3) is 4.28. The van der Waals surface area contributed by atoms with Crippen molar-refractivity contribution < 1.29 is 9.59 Å². The number of benzene rings is 2. The van der Waals surface area contributed by atoms with E-state index in [0.717, 1.165) is 56.8 Å². The van der Waals surface area contributed by atoms with Crippen molar-refractivity contribution in [3.05, 3.63) is 77.5 Å². The van der Waals surface area contributed by atoms with Gasteiger partial charge < -0.3 is 21.3 Å². The number of likely N-dealkylation sites (tertiary alicyclic amines) is 2. The molecule has 2 aromatic carbocycles. The van der Waals surface area contributed by atoms with Gasteiger partial charge >= 0.3 is 0 Å². The molecular formula is C26H30N6O2. The van der Waals surface area contributed by atoms with Crippen LogP contribution in [0, 0.1) is 11.8 Å². The second-order valence-electron chi connectivity index (χ2n) is 9.31. The van der Waals surface area contributed by atoms with Crippen molar-refractivity contribution in [1.29, 1.82) is 0 Å². The average Bonchev–Trinajstić information content (AvgIpc) is 3.52. The number of nitrogen functional groups attached to an aromatic ring is 1. The summed E-state index contributed by atoms with van der Waals surface area (Å²) in [7, 11) is 0. The van der Waals surface area contributed by atoms with Crippen LogP contribution >= 0.6 is 0 Å². The molecule has 0 spiro atoms. The summed E-state index contributed by atoms with van der Waals surface area (Å²) >= 11 is 0. The number of rotatable bonds is 7. The number of nitrogens with zero attached hydrogens (tertiary/aromatic N) is 4. The molecule has 3 aromatic rings. The summed E-state index contributed by atoms with van der Waals surface area (Å²) in [4.78, 5) is 29.2. The highest BCUT2D eigenvalue weighted by atomic mass is 16.2. The Labute approximate surface area is 199 Å². The van der Waals surface area contributed by atoms with E-state index in [-0.39, 0.29) is 11.8 Å².